The van der Waals surface area contributed by atoms with Crippen molar-refractivity contribution in [3.8, 4) is 5.75 Å². The van der Waals surface area contributed by atoms with Crippen LogP contribution in [0.5, 0.6) is 5.75 Å². The van der Waals surface area contributed by atoms with E-state index in [0.717, 1.165) is 12.8 Å². The third-order valence-corrected chi connectivity index (χ3v) is 3.11. The first kappa shape index (κ1) is 14.4. The monoisotopic (exact) mass is 250 g/mol. The molecule has 0 radical (unpaired) electrons. The number of rotatable bonds is 5. The molecule has 1 rings (SSSR count). The minimum absolute atomic E-state index is 0.0453. The lowest BCUT2D eigenvalue weighted by molar-refractivity contribution is 0.0936. The molecule has 18 heavy (non-hydrogen) atoms. The van der Waals surface area contributed by atoms with Crippen molar-refractivity contribution in [2.45, 2.75) is 39.7 Å². The Labute approximate surface area is 108 Å². The molecule has 0 aromatic heterocycles. The van der Waals surface area contributed by atoms with Crippen molar-refractivity contribution in [3.05, 3.63) is 23.8 Å². The average Bonchev–Trinajstić information content (AvgIpc) is 2.31. The fourth-order valence-electron chi connectivity index (χ4n) is 1.87. The molecular weight excluding hydrogens is 228 g/mol. The summed E-state index contributed by atoms with van der Waals surface area (Å²) in [6.45, 7) is 6.26. The first-order chi connectivity index (χ1) is 8.43. The Morgan fingerprint density at radius 1 is 1.44 bits per heavy atom. The standard InChI is InChI=1S/C14H22N2O2/c1-4-9(2)7-10(3)16-14(18)12-8-11(17)5-6-13(12)15/h5-6,8-10,17H,4,7,15H2,1-3H3,(H,16,18). The number of nitrogens with one attached hydrogen (secondary N) is 1. The number of hydrogen-bond acceptors (Lipinski definition) is 3. The number of carbonyl (C=O) groups is 1. The molecule has 4 heteroatoms. The average molecular weight is 250 g/mol. The zero-order valence-corrected chi connectivity index (χ0v) is 11.2. The molecule has 0 heterocycles. The van der Waals surface area contributed by atoms with Gasteiger partial charge < -0.3 is 16.2 Å². The Kier molecular flexibility index (Phi) is 5.01. The summed E-state index contributed by atoms with van der Waals surface area (Å²) in [5, 5.41) is 12.3. The number of anilines is 1. The molecule has 4 nitrogen and oxygen atoms in total. The molecule has 0 aliphatic carbocycles. The lowest BCUT2D eigenvalue weighted by Crippen LogP contribution is -2.34. The third-order valence-electron chi connectivity index (χ3n) is 3.11. The fourth-order valence-corrected chi connectivity index (χ4v) is 1.87. The maximum absolute atomic E-state index is 12.0. The molecular formula is C14H22N2O2. The van der Waals surface area contributed by atoms with E-state index in [4.69, 9.17) is 5.73 Å². The minimum atomic E-state index is -0.237. The Morgan fingerprint density at radius 3 is 2.72 bits per heavy atom. The van der Waals surface area contributed by atoms with Gasteiger partial charge in [0.2, 0.25) is 0 Å². The van der Waals surface area contributed by atoms with Crippen LogP contribution in [0.3, 0.4) is 0 Å². The first-order valence-corrected chi connectivity index (χ1v) is 6.33. The second-order valence-corrected chi connectivity index (χ2v) is 4.90. The molecule has 0 fully saturated rings. The van der Waals surface area contributed by atoms with Gasteiger partial charge in [-0.15, -0.1) is 0 Å². The van der Waals surface area contributed by atoms with Gasteiger partial charge >= 0.3 is 0 Å². The number of aromatic hydroxyl groups is 1. The van der Waals surface area contributed by atoms with Crippen molar-refractivity contribution >= 4 is 11.6 Å². The van der Waals surface area contributed by atoms with Crippen molar-refractivity contribution < 1.29 is 9.90 Å². The second kappa shape index (κ2) is 6.28. The minimum Gasteiger partial charge on any atom is -0.508 e. The van der Waals surface area contributed by atoms with Crippen LogP contribution < -0.4 is 11.1 Å². The van der Waals surface area contributed by atoms with Gasteiger partial charge in [-0.25, -0.2) is 0 Å². The number of carbonyl (C=O) groups excluding carboxylic acids is 1. The number of nitrogens with two attached hydrogens (primary N) is 1. The normalized spacial score (nSPS) is 13.9. The number of nitrogen functional groups attached to an aromatic ring is 1. The van der Waals surface area contributed by atoms with Gasteiger partial charge in [-0.1, -0.05) is 20.3 Å². The van der Waals surface area contributed by atoms with E-state index < -0.39 is 0 Å². The van der Waals surface area contributed by atoms with E-state index in [1.807, 2.05) is 6.92 Å². The maximum Gasteiger partial charge on any atom is 0.253 e. The Hall–Kier alpha value is -1.71. The van der Waals surface area contributed by atoms with Crippen LogP contribution in [0.25, 0.3) is 0 Å². The molecule has 100 valence electrons. The highest BCUT2D eigenvalue weighted by Gasteiger charge is 2.14. The van der Waals surface area contributed by atoms with Crippen molar-refractivity contribution in [3.63, 3.8) is 0 Å². The molecule has 0 saturated carbocycles. The number of amides is 1. The molecule has 1 aromatic rings. The third kappa shape index (κ3) is 3.95. The van der Waals surface area contributed by atoms with Gasteiger partial charge in [-0.3, -0.25) is 4.79 Å². The highest BCUT2D eigenvalue weighted by molar-refractivity contribution is 5.99. The molecule has 2 atom stereocenters. The predicted molar refractivity (Wildman–Crippen MR) is 73.5 cm³/mol. The van der Waals surface area contributed by atoms with Crippen LogP contribution in [0.2, 0.25) is 0 Å². The highest BCUT2D eigenvalue weighted by Crippen LogP contribution is 2.19. The predicted octanol–water partition coefficient (Wildman–Crippen LogP) is 2.53. The van der Waals surface area contributed by atoms with Gasteiger partial charge in [0.25, 0.3) is 5.91 Å². The first-order valence-electron chi connectivity index (χ1n) is 6.33. The number of hydrogen-bond donors (Lipinski definition) is 3. The van der Waals surface area contributed by atoms with Crippen LogP contribution in [-0.4, -0.2) is 17.1 Å². The van der Waals surface area contributed by atoms with Crippen LogP contribution in [0, 0.1) is 5.92 Å². The van der Waals surface area contributed by atoms with E-state index in [0.29, 0.717) is 17.2 Å². The highest BCUT2D eigenvalue weighted by atomic mass is 16.3. The summed E-state index contributed by atoms with van der Waals surface area (Å²) in [4.78, 5) is 12.0. The van der Waals surface area contributed by atoms with E-state index in [1.165, 1.54) is 18.2 Å². The van der Waals surface area contributed by atoms with Gasteiger partial charge in [0.05, 0.1) is 5.56 Å². The zero-order valence-electron chi connectivity index (χ0n) is 11.2. The number of phenolic OH excluding ortho intramolecular Hbond substituents is 1. The largest absolute Gasteiger partial charge is 0.508 e. The van der Waals surface area contributed by atoms with E-state index in [1.54, 1.807) is 0 Å². The smallest absolute Gasteiger partial charge is 0.253 e. The van der Waals surface area contributed by atoms with Crippen LogP contribution in [0.1, 0.15) is 44.0 Å². The van der Waals surface area contributed by atoms with Gasteiger partial charge in [-0.2, -0.15) is 0 Å². The summed E-state index contributed by atoms with van der Waals surface area (Å²) in [5.41, 5.74) is 6.42. The zero-order chi connectivity index (χ0) is 13.7. The van der Waals surface area contributed by atoms with E-state index in [2.05, 4.69) is 19.2 Å². The van der Waals surface area contributed by atoms with Crippen LogP contribution in [0.4, 0.5) is 5.69 Å². The Bertz CT molecular complexity index is 418. The van der Waals surface area contributed by atoms with Gasteiger partial charge in [0.1, 0.15) is 5.75 Å². The molecule has 0 spiro atoms. The van der Waals surface area contributed by atoms with E-state index >= 15 is 0 Å². The molecule has 1 amide bonds. The van der Waals surface area contributed by atoms with Crippen LogP contribution >= 0.6 is 0 Å². The molecule has 0 aliphatic heterocycles. The fraction of sp³-hybridized carbons (Fsp3) is 0.500. The SMILES string of the molecule is CCC(C)CC(C)NC(=O)c1cc(O)ccc1N. The van der Waals surface area contributed by atoms with Crippen molar-refractivity contribution in [1.82, 2.24) is 5.32 Å². The topological polar surface area (TPSA) is 75.3 Å². The van der Waals surface area contributed by atoms with E-state index in [9.17, 15) is 9.90 Å². The quantitative estimate of drug-likeness (QED) is 0.555. The number of benzene rings is 1. The summed E-state index contributed by atoms with van der Waals surface area (Å²) in [5.74, 6) is 0.380. The van der Waals surface area contributed by atoms with Gasteiger partial charge in [-0.05, 0) is 37.5 Å². The molecule has 0 bridgehead atoms. The molecule has 4 N–H and O–H groups in total. The van der Waals surface area contributed by atoms with Crippen molar-refractivity contribution in [1.29, 1.82) is 0 Å². The van der Waals surface area contributed by atoms with Crippen LogP contribution in [-0.2, 0) is 0 Å². The summed E-state index contributed by atoms with van der Waals surface area (Å²) in [6.07, 6.45) is 2.02. The second-order valence-electron chi connectivity index (χ2n) is 4.90. The molecule has 0 aliphatic rings. The molecule has 0 saturated heterocycles. The van der Waals surface area contributed by atoms with Crippen molar-refractivity contribution in [2.75, 3.05) is 5.73 Å². The molecule has 1 aromatic carbocycles. The summed E-state index contributed by atoms with van der Waals surface area (Å²) < 4.78 is 0. The van der Waals surface area contributed by atoms with Crippen molar-refractivity contribution in [2.24, 2.45) is 5.92 Å². The summed E-state index contributed by atoms with van der Waals surface area (Å²) in [7, 11) is 0. The molecule has 2 unspecified atom stereocenters. The lowest BCUT2D eigenvalue weighted by Gasteiger charge is -2.18. The maximum atomic E-state index is 12.0. The Morgan fingerprint density at radius 2 is 2.11 bits per heavy atom. The Balaban J connectivity index is 2.67. The van der Waals surface area contributed by atoms with Crippen LogP contribution in [0.15, 0.2) is 18.2 Å². The van der Waals surface area contributed by atoms with Gasteiger partial charge in [0, 0.05) is 11.7 Å². The summed E-state index contributed by atoms with van der Waals surface area (Å²) in [6, 6.07) is 4.48. The van der Waals surface area contributed by atoms with Gasteiger partial charge in [0.15, 0.2) is 0 Å². The van der Waals surface area contributed by atoms with E-state index in [-0.39, 0.29) is 17.7 Å². The number of phenols is 1. The summed E-state index contributed by atoms with van der Waals surface area (Å²) >= 11 is 0. The lowest BCUT2D eigenvalue weighted by atomic mass is 10.00.